The Kier molecular flexibility index (Phi) is 6.39. The molecule has 74 valence electrons. The maximum Gasteiger partial charge on any atom is 0.0587 e. The molecule has 0 aliphatic rings. The van der Waals surface area contributed by atoms with E-state index in [1.165, 1.54) is 6.42 Å². The Bertz CT molecular complexity index is 104. The van der Waals surface area contributed by atoms with Crippen molar-refractivity contribution in [2.24, 2.45) is 11.8 Å². The van der Waals surface area contributed by atoms with E-state index in [4.69, 9.17) is 5.11 Å². The minimum absolute atomic E-state index is 0.0223. The zero-order valence-electron chi connectivity index (χ0n) is 8.45. The first-order valence-electron chi connectivity index (χ1n) is 4.90. The normalized spacial score (nSPS) is 18.8. The molecule has 0 aromatic carbocycles. The van der Waals surface area contributed by atoms with E-state index in [0.717, 1.165) is 12.8 Å². The second kappa shape index (κ2) is 6.44. The Hall–Kier alpha value is -0.0800. The third kappa shape index (κ3) is 4.73. The second-order valence-corrected chi connectivity index (χ2v) is 3.82. The van der Waals surface area contributed by atoms with Gasteiger partial charge < -0.3 is 10.2 Å². The Morgan fingerprint density at radius 2 is 1.75 bits per heavy atom. The van der Waals surface area contributed by atoms with Crippen LogP contribution in [0.4, 0.5) is 0 Å². The minimum atomic E-state index is -0.330. The van der Waals surface area contributed by atoms with Crippen LogP contribution in [0.25, 0.3) is 0 Å². The van der Waals surface area contributed by atoms with Crippen molar-refractivity contribution in [3.05, 3.63) is 0 Å². The average Bonchev–Trinajstić information content (AvgIpc) is 2.11. The van der Waals surface area contributed by atoms with Gasteiger partial charge in [0.15, 0.2) is 0 Å². The van der Waals surface area contributed by atoms with Crippen LogP contribution in [0.2, 0.25) is 0 Å². The van der Waals surface area contributed by atoms with E-state index >= 15 is 0 Å². The fraction of sp³-hybridized carbons (Fsp3) is 1.00. The molecule has 0 saturated heterocycles. The molecule has 0 unspecified atom stereocenters. The van der Waals surface area contributed by atoms with Crippen LogP contribution in [-0.4, -0.2) is 22.9 Å². The van der Waals surface area contributed by atoms with E-state index in [0.29, 0.717) is 5.92 Å². The van der Waals surface area contributed by atoms with Crippen LogP contribution in [0, 0.1) is 11.8 Å². The fourth-order valence-electron chi connectivity index (χ4n) is 1.07. The lowest BCUT2D eigenvalue weighted by Gasteiger charge is -2.17. The summed E-state index contributed by atoms with van der Waals surface area (Å²) in [4.78, 5) is 0. The first-order valence-corrected chi connectivity index (χ1v) is 4.90. The van der Waals surface area contributed by atoms with Gasteiger partial charge in [0.05, 0.1) is 6.10 Å². The molecule has 0 aromatic rings. The molecule has 0 heterocycles. The van der Waals surface area contributed by atoms with E-state index in [1.807, 2.05) is 6.92 Å². The van der Waals surface area contributed by atoms with Crippen molar-refractivity contribution in [3.63, 3.8) is 0 Å². The van der Waals surface area contributed by atoms with E-state index in [1.54, 1.807) is 0 Å². The van der Waals surface area contributed by atoms with Gasteiger partial charge in [0.1, 0.15) is 0 Å². The van der Waals surface area contributed by atoms with Crippen LogP contribution in [0.15, 0.2) is 0 Å². The lowest BCUT2D eigenvalue weighted by Crippen LogP contribution is -2.21. The first kappa shape index (κ1) is 11.9. The van der Waals surface area contributed by atoms with Gasteiger partial charge in [0, 0.05) is 12.5 Å². The molecular formula is C10H22O2. The lowest BCUT2D eigenvalue weighted by molar-refractivity contribution is 0.0657. The summed E-state index contributed by atoms with van der Waals surface area (Å²) >= 11 is 0. The molecule has 12 heavy (non-hydrogen) atoms. The highest BCUT2D eigenvalue weighted by Crippen LogP contribution is 2.15. The van der Waals surface area contributed by atoms with E-state index in [-0.39, 0.29) is 18.6 Å². The molecule has 2 N–H and O–H groups in total. The number of hydrogen-bond donors (Lipinski definition) is 2. The Balaban J connectivity index is 3.49. The molecule has 2 nitrogen and oxygen atoms in total. The molecule has 3 atom stereocenters. The van der Waals surface area contributed by atoms with Crippen molar-refractivity contribution in [1.29, 1.82) is 0 Å². The maximum absolute atomic E-state index is 9.50. The van der Waals surface area contributed by atoms with Crippen molar-refractivity contribution >= 4 is 0 Å². The van der Waals surface area contributed by atoms with E-state index in [2.05, 4.69) is 13.8 Å². The van der Waals surface area contributed by atoms with Gasteiger partial charge in [-0.25, -0.2) is 0 Å². The molecule has 0 bridgehead atoms. The van der Waals surface area contributed by atoms with Crippen molar-refractivity contribution in [2.75, 3.05) is 6.61 Å². The van der Waals surface area contributed by atoms with Gasteiger partial charge in [-0.05, 0) is 18.8 Å². The van der Waals surface area contributed by atoms with Gasteiger partial charge in [-0.15, -0.1) is 0 Å². The number of aliphatic hydroxyl groups excluding tert-OH is 2. The molecule has 2 heteroatoms. The zero-order valence-corrected chi connectivity index (χ0v) is 8.45. The summed E-state index contributed by atoms with van der Waals surface area (Å²) in [5.74, 6) is 0.708. The van der Waals surface area contributed by atoms with Gasteiger partial charge in [0.2, 0.25) is 0 Å². The molecule has 0 radical (unpaired) electrons. The molecular weight excluding hydrogens is 152 g/mol. The van der Waals surface area contributed by atoms with Crippen molar-refractivity contribution < 1.29 is 10.2 Å². The number of rotatable bonds is 6. The van der Waals surface area contributed by atoms with Crippen molar-refractivity contribution in [3.8, 4) is 0 Å². The molecule has 0 rings (SSSR count). The second-order valence-electron chi connectivity index (χ2n) is 3.82. The number of hydrogen-bond acceptors (Lipinski definition) is 2. The fourth-order valence-corrected chi connectivity index (χ4v) is 1.07. The molecule has 0 fully saturated rings. The SMILES string of the molecule is CC[C@@H](C)CC[C@@H](O)[C@@H](C)CO. The molecule has 0 aromatic heterocycles. The van der Waals surface area contributed by atoms with Crippen molar-refractivity contribution in [1.82, 2.24) is 0 Å². The Morgan fingerprint density at radius 1 is 1.17 bits per heavy atom. The van der Waals surface area contributed by atoms with Crippen LogP contribution in [-0.2, 0) is 0 Å². The van der Waals surface area contributed by atoms with Crippen molar-refractivity contribution in [2.45, 2.75) is 46.1 Å². The summed E-state index contributed by atoms with van der Waals surface area (Å²) in [5, 5.41) is 18.3. The Labute approximate surface area is 75.6 Å². The van der Waals surface area contributed by atoms with Gasteiger partial charge in [-0.3, -0.25) is 0 Å². The molecule has 0 saturated carbocycles. The van der Waals surface area contributed by atoms with Crippen LogP contribution in [0.1, 0.15) is 40.0 Å². The number of aliphatic hydroxyl groups is 2. The summed E-state index contributed by atoms with van der Waals surface area (Å²) in [7, 11) is 0. The predicted molar refractivity (Wildman–Crippen MR) is 50.9 cm³/mol. The highest BCUT2D eigenvalue weighted by Gasteiger charge is 2.13. The highest BCUT2D eigenvalue weighted by molar-refractivity contribution is 4.64. The summed E-state index contributed by atoms with van der Waals surface area (Å²) in [6.07, 6.45) is 2.71. The summed E-state index contributed by atoms with van der Waals surface area (Å²) in [5.41, 5.74) is 0. The quantitative estimate of drug-likeness (QED) is 0.644. The third-order valence-corrected chi connectivity index (χ3v) is 2.60. The summed E-state index contributed by atoms with van der Waals surface area (Å²) in [6, 6.07) is 0. The molecule has 0 amide bonds. The van der Waals surface area contributed by atoms with Gasteiger partial charge in [-0.1, -0.05) is 27.2 Å². The van der Waals surface area contributed by atoms with Crippen LogP contribution in [0.5, 0.6) is 0 Å². The smallest absolute Gasteiger partial charge is 0.0587 e. The molecule has 0 spiro atoms. The molecule has 0 aliphatic heterocycles. The van der Waals surface area contributed by atoms with Crippen LogP contribution in [0.3, 0.4) is 0 Å². The standard InChI is InChI=1S/C10H22O2/c1-4-8(2)5-6-10(12)9(3)7-11/h8-12H,4-7H2,1-3H3/t8-,9+,10-/m1/s1. The monoisotopic (exact) mass is 174 g/mol. The Morgan fingerprint density at radius 3 is 2.17 bits per heavy atom. The summed E-state index contributed by atoms with van der Waals surface area (Å²) in [6.45, 7) is 6.31. The maximum atomic E-state index is 9.50. The lowest BCUT2D eigenvalue weighted by atomic mass is 9.95. The van der Waals surface area contributed by atoms with Crippen LogP contribution < -0.4 is 0 Å². The zero-order chi connectivity index (χ0) is 9.56. The topological polar surface area (TPSA) is 40.5 Å². The van der Waals surface area contributed by atoms with E-state index in [9.17, 15) is 5.11 Å². The highest BCUT2D eigenvalue weighted by atomic mass is 16.3. The van der Waals surface area contributed by atoms with Gasteiger partial charge in [0.25, 0.3) is 0 Å². The van der Waals surface area contributed by atoms with E-state index < -0.39 is 0 Å². The third-order valence-electron chi connectivity index (χ3n) is 2.60. The van der Waals surface area contributed by atoms with Crippen LogP contribution >= 0.6 is 0 Å². The summed E-state index contributed by atoms with van der Waals surface area (Å²) < 4.78 is 0. The van der Waals surface area contributed by atoms with Gasteiger partial charge in [-0.2, -0.15) is 0 Å². The van der Waals surface area contributed by atoms with Gasteiger partial charge >= 0.3 is 0 Å². The first-order chi connectivity index (χ1) is 5.61. The molecule has 0 aliphatic carbocycles. The minimum Gasteiger partial charge on any atom is -0.396 e. The predicted octanol–water partition coefficient (Wildman–Crippen LogP) is 1.80. The largest absolute Gasteiger partial charge is 0.396 e. The average molecular weight is 174 g/mol.